The van der Waals surface area contributed by atoms with Crippen molar-refractivity contribution in [3.8, 4) is 11.5 Å². The number of likely N-dealkylation sites (N-methyl/N-ethyl adjacent to an activating group) is 1. The van der Waals surface area contributed by atoms with Crippen LogP contribution in [-0.4, -0.2) is 39.7 Å². The van der Waals surface area contributed by atoms with E-state index in [1.54, 1.807) is 54.7 Å². The number of benzene rings is 1. The molecule has 2 aromatic heterocycles. The number of ether oxygens (including phenoxy) is 1. The third kappa shape index (κ3) is 4.51. The second kappa shape index (κ2) is 7.71. The number of rotatable bonds is 6. The van der Waals surface area contributed by atoms with Crippen molar-refractivity contribution in [1.82, 2.24) is 20.2 Å². The molecular formula is C16H14ClN5O3. The monoisotopic (exact) mass is 359 g/mol. The first-order valence-corrected chi connectivity index (χ1v) is 7.72. The molecule has 0 fully saturated rings. The molecule has 0 amide bonds. The summed E-state index contributed by atoms with van der Waals surface area (Å²) in [4.78, 5) is 21.6. The van der Waals surface area contributed by atoms with Crippen LogP contribution in [0.15, 0.2) is 47.1 Å². The summed E-state index contributed by atoms with van der Waals surface area (Å²) in [6.07, 6.45) is 3.20. The molecule has 0 atom stereocenters. The Kier molecular flexibility index (Phi) is 5.20. The number of hydrogen-bond acceptors (Lipinski definition) is 8. The summed E-state index contributed by atoms with van der Waals surface area (Å²) in [5.74, 6) is 0.512. The lowest BCUT2D eigenvalue weighted by molar-refractivity contribution is -0.143. The van der Waals surface area contributed by atoms with Crippen molar-refractivity contribution in [3.63, 3.8) is 0 Å². The highest BCUT2D eigenvalue weighted by Crippen LogP contribution is 2.20. The van der Waals surface area contributed by atoms with E-state index in [9.17, 15) is 4.79 Å². The molecule has 0 bridgehead atoms. The van der Waals surface area contributed by atoms with Gasteiger partial charge in [0.15, 0.2) is 6.61 Å². The molecule has 0 aliphatic carbocycles. The number of anilines is 1. The van der Waals surface area contributed by atoms with E-state index in [1.165, 1.54) is 0 Å². The van der Waals surface area contributed by atoms with Crippen molar-refractivity contribution >= 4 is 23.5 Å². The average molecular weight is 360 g/mol. The number of carbonyl (C=O) groups is 1. The molecule has 128 valence electrons. The van der Waals surface area contributed by atoms with Gasteiger partial charge in [-0.15, -0.1) is 10.2 Å². The Balaban J connectivity index is 1.53. The summed E-state index contributed by atoms with van der Waals surface area (Å²) in [5, 5.41) is 8.39. The van der Waals surface area contributed by atoms with Crippen LogP contribution in [0.5, 0.6) is 0 Å². The molecule has 9 heteroatoms. The quantitative estimate of drug-likeness (QED) is 0.619. The number of esters is 1. The average Bonchev–Trinajstić information content (AvgIpc) is 3.10. The van der Waals surface area contributed by atoms with Crippen LogP contribution in [0.2, 0.25) is 5.02 Å². The predicted octanol–water partition coefficient (Wildman–Crippen LogP) is 2.36. The Labute approximate surface area is 148 Å². The zero-order chi connectivity index (χ0) is 17.6. The molecule has 8 nitrogen and oxygen atoms in total. The van der Waals surface area contributed by atoms with Crippen molar-refractivity contribution in [2.24, 2.45) is 0 Å². The molecule has 3 aromatic rings. The number of nitrogens with zero attached hydrogens (tertiary/aromatic N) is 5. The van der Waals surface area contributed by atoms with E-state index in [4.69, 9.17) is 20.8 Å². The van der Waals surface area contributed by atoms with Crippen LogP contribution in [0.4, 0.5) is 5.95 Å². The Bertz CT molecular complexity index is 838. The van der Waals surface area contributed by atoms with Gasteiger partial charge in [0.05, 0.1) is 0 Å². The third-order valence-electron chi connectivity index (χ3n) is 3.17. The summed E-state index contributed by atoms with van der Waals surface area (Å²) >= 11 is 5.84. The van der Waals surface area contributed by atoms with Crippen LogP contribution in [0.1, 0.15) is 5.89 Å². The fourth-order valence-electron chi connectivity index (χ4n) is 1.96. The fourth-order valence-corrected chi connectivity index (χ4v) is 2.09. The number of carbonyl (C=O) groups excluding carboxylic acids is 1. The van der Waals surface area contributed by atoms with Gasteiger partial charge in [-0.1, -0.05) is 11.6 Å². The molecule has 0 N–H and O–H groups in total. The summed E-state index contributed by atoms with van der Waals surface area (Å²) in [6, 6.07) is 8.68. The van der Waals surface area contributed by atoms with Gasteiger partial charge >= 0.3 is 5.97 Å². The molecule has 0 spiro atoms. The summed E-state index contributed by atoms with van der Waals surface area (Å²) in [5.41, 5.74) is 0.732. The van der Waals surface area contributed by atoms with E-state index in [0.29, 0.717) is 16.9 Å². The Morgan fingerprint density at radius 2 is 1.92 bits per heavy atom. The van der Waals surface area contributed by atoms with Crippen molar-refractivity contribution in [1.29, 1.82) is 0 Å². The second-order valence-corrected chi connectivity index (χ2v) is 5.51. The molecule has 0 saturated heterocycles. The first-order valence-electron chi connectivity index (χ1n) is 7.34. The minimum Gasteiger partial charge on any atom is -0.454 e. The van der Waals surface area contributed by atoms with Gasteiger partial charge < -0.3 is 14.1 Å². The zero-order valence-electron chi connectivity index (χ0n) is 13.3. The summed E-state index contributed by atoms with van der Waals surface area (Å²) < 4.78 is 10.6. The summed E-state index contributed by atoms with van der Waals surface area (Å²) in [7, 11) is 1.70. The first kappa shape index (κ1) is 16.8. The van der Waals surface area contributed by atoms with Gasteiger partial charge in [0.25, 0.3) is 5.89 Å². The van der Waals surface area contributed by atoms with E-state index in [0.717, 1.165) is 5.56 Å². The normalized spacial score (nSPS) is 10.5. The molecule has 25 heavy (non-hydrogen) atoms. The topological polar surface area (TPSA) is 94.2 Å². The highest BCUT2D eigenvalue weighted by atomic mass is 35.5. The van der Waals surface area contributed by atoms with Gasteiger partial charge in [0.2, 0.25) is 11.8 Å². The zero-order valence-corrected chi connectivity index (χ0v) is 14.1. The Hall–Kier alpha value is -3.00. The van der Waals surface area contributed by atoms with Crippen LogP contribution in [0, 0.1) is 0 Å². The predicted molar refractivity (Wildman–Crippen MR) is 89.8 cm³/mol. The van der Waals surface area contributed by atoms with Gasteiger partial charge in [0, 0.05) is 30.0 Å². The minimum atomic E-state index is -0.457. The lowest BCUT2D eigenvalue weighted by atomic mass is 10.2. The molecule has 3 rings (SSSR count). The first-order chi connectivity index (χ1) is 12.1. The smallest absolute Gasteiger partial charge is 0.326 e. The Morgan fingerprint density at radius 1 is 1.20 bits per heavy atom. The molecule has 0 unspecified atom stereocenters. The van der Waals surface area contributed by atoms with Crippen LogP contribution in [0.25, 0.3) is 11.5 Å². The van der Waals surface area contributed by atoms with E-state index in [2.05, 4.69) is 20.2 Å². The van der Waals surface area contributed by atoms with E-state index in [-0.39, 0.29) is 19.0 Å². The fraction of sp³-hybridized carbons (Fsp3) is 0.188. The SMILES string of the molecule is CN(CC(=O)OCc1nnc(-c2ccc(Cl)cc2)o1)c1ncccn1. The van der Waals surface area contributed by atoms with Crippen LogP contribution in [0.3, 0.4) is 0 Å². The molecule has 0 radical (unpaired) electrons. The van der Waals surface area contributed by atoms with Gasteiger partial charge in [-0.25, -0.2) is 9.97 Å². The van der Waals surface area contributed by atoms with Gasteiger partial charge in [-0.3, -0.25) is 4.79 Å². The lowest BCUT2D eigenvalue weighted by Gasteiger charge is -2.14. The molecule has 0 saturated carbocycles. The maximum atomic E-state index is 11.9. The van der Waals surface area contributed by atoms with E-state index in [1.807, 2.05) is 0 Å². The van der Waals surface area contributed by atoms with Gasteiger partial charge in [0.1, 0.15) is 6.54 Å². The highest BCUT2D eigenvalue weighted by Gasteiger charge is 2.13. The third-order valence-corrected chi connectivity index (χ3v) is 3.43. The molecule has 0 aliphatic rings. The molecule has 1 aromatic carbocycles. The van der Waals surface area contributed by atoms with Crippen molar-refractivity contribution < 1.29 is 13.9 Å². The summed E-state index contributed by atoms with van der Waals surface area (Å²) in [6.45, 7) is -0.106. The minimum absolute atomic E-state index is 0.00217. The van der Waals surface area contributed by atoms with Crippen LogP contribution >= 0.6 is 11.6 Å². The molecule has 2 heterocycles. The number of halogens is 1. The van der Waals surface area contributed by atoms with Crippen molar-refractivity contribution in [2.75, 3.05) is 18.5 Å². The molecule has 0 aliphatic heterocycles. The van der Waals surface area contributed by atoms with Crippen molar-refractivity contribution in [2.45, 2.75) is 6.61 Å². The van der Waals surface area contributed by atoms with E-state index >= 15 is 0 Å². The Morgan fingerprint density at radius 3 is 2.64 bits per heavy atom. The number of hydrogen-bond donors (Lipinski definition) is 0. The largest absolute Gasteiger partial charge is 0.454 e. The van der Waals surface area contributed by atoms with Gasteiger partial charge in [-0.05, 0) is 30.3 Å². The van der Waals surface area contributed by atoms with Crippen molar-refractivity contribution in [3.05, 3.63) is 53.6 Å². The molecular weight excluding hydrogens is 346 g/mol. The lowest BCUT2D eigenvalue weighted by Crippen LogP contribution is -2.28. The standard InChI is InChI=1S/C16H14ClN5O3/c1-22(16-18-7-2-8-19-16)9-14(23)24-10-13-20-21-15(25-13)11-3-5-12(17)6-4-11/h2-8H,9-10H2,1H3. The second-order valence-electron chi connectivity index (χ2n) is 5.07. The van der Waals surface area contributed by atoms with Crippen LogP contribution in [-0.2, 0) is 16.1 Å². The maximum absolute atomic E-state index is 11.9. The highest BCUT2D eigenvalue weighted by molar-refractivity contribution is 6.30. The van der Waals surface area contributed by atoms with Gasteiger partial charge in [-0.2, -0.15) is 0 Å². The van der Waals surface area contributed by atoms with Crippen LogP contribution < -0.4 is 4.90 Å². The van der Waals surface area contributed by atoms with E-state index < -0.39 is 5.97 Å². The maximum Gasteiger partial charge on any atom is 0.326 e. The number of aromatic nitrogens is 4.